The maximum absolute atomic E-state index is 13.7. The highest BCUT2D eigenvalue weighted by Gasteiger charge is 2.55. The van der Waals surface area contributed by atoms with E-state index >= 15 is 0 Å². The summed E-state index contributed by atoms with van der Waals surface area (Å²) in [6, 6.07) is 9.84. The van der Waals surface area contributed by atoms with Crippen LogP contribution in [-0.4, -0.2) is 50.8 Å². The first-order valence-electron chi connectivity index (χ1n) is 15.2. The van der Waals surface area contributed by atoms with E-state index in [1.54, 1.807) is 0 Å². The van der Waals surface area contributed by atoms with Crippen molar-refractivity contribution in [2.24, 2.45) is 11.8 Å². The van der Waals surface area contributed by atoms with Gasteiger partial charge in [0, 0.05) is 6.54 Å². The minimum Gasteiger partial charge on any atom is -0.444 e. The predicted molar refractivity (Wildman–Crippen MR) is 151 cm³/mol. The van der Waals surface area contributed by atoms with Gasteiger partial charge in [0.05, 0.1) is 18.2 Å². The average molecular weight is 529 g/mol. The van der Waals surface area contributed by atoms with Crippen LogP contribution in [0.1, 0.15) is 117 Å². The Bertz CT molecular complexity index is 871. The number of rotatable bonds is 8. The van der Waals surface area contributed by atoms with Crippen molar-refractivity contribution in [1.82, 2.24) is 9.96 Å². The molecule has 6 heteroatoms. The van der Waals surface area contributed by atoms with E-state index in [-0.39, 0.29) is 24.3 Å². The molecule has 6 nitrogen and oxygen atoms in total. The first kappa shape index (κ1) is 29.4. The summed E-state index contributed by atoms with van der Waals surface area (Å²) >= 11 is 0. The number of nitrogens with zero attached hydrogens (tertiary/aromatic N) is 2. The van der Waals surface area contributed by atoms with E-state index in [0.717, 1.165) is 18.4 Å². The quantitative estimate of drug-likeness (QED) is 0.347. The zero-order valence-electron chi connectivity index (χ0n) is 24.5. The summed E-state index contributed by atoms with van der Waals surface area (Å²) in [5, 5.41) is 13.2. The minimum absolute atomic E-state index is 0.137. The summed E-state index contributed by atoms with van der Waals surface area (Å²) in [4.78, 5) is 15.6. The third kappa shape index (κ3) is 7.73. The van der Waals surface area contributed by atoms with Gasteiger partial charge in [0.25, 0.3) is 0 Å². The number of benzene rings is 1. The highest BCUT2D eigenvalue weighted by molar-refractivity contribution is 5.70. The second-order valence-electron chi connectivity index (χ2n) is 13.6. The molecular formula is C32H52N2O4. The number of carbonyl (C=O) groups is 1. The van der Waals surface area contributed by atoms with Crippen LogP contribution in [-0.2, 0) is 16.0 Å². The Kier molecular flexibility index (Phi) is 9.81. The van der Waals surface area contributed by atoms with E-state index < -0.39 is 11.3 Å². The molecule has 1 aromatic carbocycles. The van der Waals surface area contributed by atoms with Crippen molar-refractivity contribution in [2.75, 3.05) is 0 Å². The first-order valence-corrected chi connectivity index (χ1v) is 15.2. The van der Waals surface area contributed by atoms with Crippen molar-refractivity contribution in [1.29, 1.82) is 0 Å². The van der Waals surface area contributed by atoms with Crippen molar-refractivity contribution in [2.45, 2.75) is 148 Å². The van der Waals surface area contributed by atoms with Gasteiger partial charge in [0.15, 0.2) is 0 Å². The van der Waals surface area contributed by atoms with Crippen molar-refractivity contribution >= 4 is 6.09 Å². The SMILES string of the molecule is CC(C)(C)OC(=O)N1[C@@H](CC2CCCCC2)[C@H]([C@@H](CC2CCCCC2)N(O)Cc2ccccc2)OC1(C)C. The third-order valence-electron chi connectivity index (χ3n) is 8.85. The molecule has 0 aromatic heterocycles. The van der Waals surface area contributed by atoms with Gasteiger partial charge < -0.3 is 14.7 Å². The molecular weight excluding hydrogens is 476 g/mol. The third-order valence-corrected chi connectivity index (χ3v) is 8.85. The minimum atomic E-state index is -0.815. The lowest BCUT2D eigenvalue weighted by atomic mass is 9.79. The number of hydrogen-bond donors (Lipinski definition) is 1. The largest absolute Gasteiger partial charge is 0.444 e. The zero-order chi connectivity index (χ0) is 27.3. The van der Waals surface area contributed by atoms with E-state index in [2.05, 4.69) is 12.1 Å². The van der Waals surface area contributed by atoms with Crippen LogP contribution in [0.2, 0.25) is 0 Å². The van der Waals surface area contributed by atoms with E-state index in [1.807, 2.05) is 57.7 Å². The number of carbonyl (C=O) groups excluding carboxylic acids is 1. The van der Waals surface area contributed by atoms with E-state index in [9.17, 15) is 10.0 Å². The van der Waals surface area contributed by atoms with Gasteiger partial charge in [-0.05, 0) is 64.9 Å². The molecule has 4 rings (SSSR count). The molecule has 38 heavy (non-hydrogen) atoms. The molecule has 0 unspecified atom stereocenters. The average Bonchev–Trinajstić information content (AvgIpc) is 3.13. The Morgan fingerprint density at radius 3 is 2.18 bits per heavy atom. The molecule has 0 radical (unpaired) electrons. The summed E-state index contributed by atoms with van der Waals surface area (Å²) in [5.41, 5.74) is -0.322. The number of hydrogen-bond acceptors (Lipinski definition) is 5. The molecule has 2 aliphatic carbocycles. The van der Waals surface area contributed by atoms with Crippen LogP contribution in [0.4, 0.5) is 4.79 Å². The Labute approximate surface area is 231 Å². The zero-order valence-corrected chi connectivity index (χ0v) is 24.5. The van der Waals surface area contributed by atoms with Crippen LogP contribution in [0.15, 0.2) is 30.3 Å². The number of hydroxylamine groups is 2. The van der Waals surface area contributed by atoms with Gasteiger partial charge in [-0.3, -0.25) is 4.90 Å². The number of ether oxygens (including phenoxy) is 2. The van der Waals surface area contributed by atoms with Crippen LogP contribution >= 0.6 is 0 Å². The fraction of sp³-hybridized carbons (Fsp3) is 0.781. The molecule has 3 atom stereocenters. The molecule has 2 saturated carbocycles. The lowest BCUT2D eigenvalue weighted by Crippen LogP contribution is -2.53. The van der Waals surface area contributed by atoms with Crippen LogP contribution in [0, 0.1) is 11.8 Å². The fourth-order valence-electron chi connectivity index (χ4n) is 7.10. The van der Waals surface area contributed by atoms with Gasteiger partial charge in [-0.1, -0.05) is 94.5 Å². The molecule has 0 spiro atoms. The van der Waals surface area contributed by atoms with Crippen LogP contribution < -0.4 is 0 Å². The maximum Gasteiger partial charge on any atom is 0.412 e. The first-order chi connectivity index (χ1) is 18.0. The molecule has 1 saturated heterocycles. The van der Waals surface area contributed by atoms with Crippen molar-refractivity contribution in [3.8, 4) is 0 Å². The molecule has 1 heterocycles. The predicted octanol–water partition coefficient (Wildman–Crippen LogP) is 7.93. The Hall–Kier alpha value is -1.63. The fourth-order valence-corrected chi connectivity index (χ4v) is 7.10. The van der Waals surface area contributed by atoms with Gasteiger partial charge in [-0.25, -0.2) is 4.79 Å². The molecule has 1 aliphatic heterocycles. The molecule has 3 aliphatic rings. The topological polar surface area (TPSA) is 62.2 Å². The van der Waals surface area contributed by atoms with Crippen LogP contribution in [0.25, 0.3) is 0 Å². The van der Waals surface area contributed by atoms with Crippen LogP contribution in [0.3, 0.4) is 0 Å². The highest BCUT2D eigenvalue weighted by Crippen LogP contribution is 2.43. The van der Waals surface area contributed by atoms with Crippen molar-refractivity contribution in [3.05, 3.63) is 35.9 Å². The molecule has 0 bridgehead atoms. The normalized spacial score (nSPS) is 26.0. The van der Waals surface area contributed by atoms with Crippen molar-refractivity contribution < 1.29 is 19.5 Å². The van der Waals surface area contributed by atoms with E-state index in [4.69, 9.17) is 9.47 Å². The maximum atomic E-state index is 13.7. The monoisotopic (exact) mass is 528 g/mol. The summed E-state index contributed by atoms with van der Waals surface area (Å²) in [6.45, 7) is 10.2. The molecule has 1 N–H and O–H groups in total. The lowest BCUT2D eigenvalue weighted by molar-refractivity contribution is -0.185. The van der Waals surface area contributed by atoms with Gasteiger partial charge >= 0.3 is 6.09 Å². The van der Waals surface area contributed by atoms with E-state index in [0.29, 0.717) is 18.4 Å². The lowest BCUT2D eigenvalue weighted by Gasteiger charge is -2.39. The molecule has 3 fully saturated rings. The van der Waals surface area contributed by atoms with Gasteiger partial charge in [-0.15, -0.1) is 0 Å². The number of amides is 1. The summed E-state index contributed by atoms with van der Waals surface area (Å²) < 4.78 is 12.8. The second-order valence-corrected chi connectivity index (χ2v) is 13.6. The second kappa shape index (κ2) is 12.7. The molecule has 1 aromatic rings. The Morgan fingerprint density at radius 2 is 1.61 bits per heavy atom. The van der Waals surface area contributed by atoms with Crippen LogP contribution in [0.5, 0.6) is 0 Å². The van der Waals surface area contributed by atoms with Gasteiger partial charge in [-0.2, -0.15) is 5.06 Å². The Morgan fingerprint density at radius 1 is 1.03 bits per heavy atom. The smallest absolute Gasteiger partial charge is 0.412 e. The summed E-state index contributed by atoms with van der Waals surface area (Å²) in [7, 11) is 0. The summed E-state index contributed by atoms with van der Waals surface area (Å²) in [5.74, 6) is 1.13. The Balaban J connectivity index is 1.65. The molecule has 214 valence electrons. The summed E-state index contributed by atoms with van der Waals surface area (Å²) in [6.07, 6.45) is 13.6. The van der Waals surface area contributed by atoms with Gasteiger partial charge in [0.1, 0.15) is 11.3 Å². The van der Waals surface area contributed by atoms with Gasteiger partial charge in [0.2, 0.25) is 0 Å². The standard InChI is InChI=1S/C32H52N2O4/c1-31(2,3)38-30(35)34-28(22-25-17-11-7-12-18-25)29(37-32(34,4)5)27(21-24-15-9-6-10-16-24)33(36)23-26-19-13-8-14-20-26/h8,13-14,19-20,24-25,27-29,36H,6-7,9-12,15-18,21-23H2,1-5H3/t27-,28+,29+/m1/s1. The molecule has 1 amide bonds. The van der Waals surface area contributed by atoms with E-state index in [1.165, 1.54) is 69.3 Å². The van der Waals surface area contributed by atoms with Crippen molar-refractivity contribution in [3.63, 3.8) is 0 Å². The highest BCUT2D eigenvalue weighted by atomic mass is 16.6.